The summed E-state index contributed by atoms with van der Waals surface area (Å²) in [5.41, 5.74) is 0. The van der Waals surface area contributed by atoms with Crippen molar-refractivity contribution in [1.29, 1.82) is 0 Å². The Balaban J connectivity index is 2.78. The van der Waals surface area contributed by atoms with E-state index in [1.54, 1.807) is 0 Å². The third-order valence-electron chi connectivity index (χ3n) is 2.33. The van der Waals surface area contributed by atoms with Crippen LogP contribution in [0.2, 0.25) is 6.04 Å². The van der Waals surface area contributed by atoms with E-state index in [0.717, 1.165) is 16.4 Å². The van der Waals surface area contributed by atoms with E-state index in [1.165, 1.54) is 57.4 Å². The van der Waals surface area contributed by atoms with E-state index in [1.807, 2.05) is 0 Å². The minimum atomic E-state index is 0.754. The first-order valence-electron chi connectivity index (χ1n) is 6.26. The number of unbranched alkanes of at least 4 members (excludes halogenated alkanes) is 6. The predicted molar refractivity (Wildman–Crippen MR) is 64.8 cm³/mol. The second kappa shape index (κ2) is 13.2. The van der Waals surface area contributed by atoms with E-state index >= 15 is 0 Å². The molecule has 0 aromatic heterocycles. The summed E-state index contributed by atoms with van der Waals surface area (Å²) >= 11 is 0. The van der Waals surface area contributed by atoms with Gasteiger partial charge in [-0.3, -0.25) is 0 Å². The van der Waals surface area contributed by atoms with E-state index in [9.17, 15) is 0 Å². The smallest absolute Gasteiger partial charge is 0.229 e. The lowest BCUT2D eigenvalue weighted by atomic mass is 10.2. The topological polar surface area (TPSA) is 9.23 Å². The summed E-state index contributed by atoms with van der Waals surface area (Å²) in [6.45, 7) is 5.50. The highest BCUT2D eigenvalue weighted by Gasteiger charge is 1.92. The highest BCUT2D eigenvalue weighted by atomic mass is 28.2. The van der Waals surface area contributed by atoms with E-state index in [-0.39, 0.29) is 0 Å². The third kappa shape index (κ3) is 12.2. The van der Waals surface area contributed by atoms with Crippen LogP contribution in [0, 0.1) is 0 Å². The molecule has 0 saturated carbocycles. The predicted octanol–water partition coefficient (Wildman–Crippen LogP) is 4.20. The van der Waals surface area contributed by atoms with Crippen molar-refractivity contribution in [2.45, 2.75) is 71.3 Å². The molecular formula is C12H26OSi. The molecule has 0 aliphatic carbocycles. The first-order valence-corrected chi connectivity index (χ1v) is 7.38. The molecule has 2 radical (unpaired) electrons. The Morgan fingerprint density at radius 2 is 1.43 bits per heavy atom. The lowest BCUT2D eigenvalue weighted by Gasteiger charge is -2.02. The average molecular weight is 214 g/mol. The zero-order valence-electron chi connectivity index (χ0n) is 9.98. The van der Waals surface area contributed by atoms with Gasteiger partial charge in [-0.25, -0.2) is 0 Å². The van der Waals surface area contributed by atoms with E-state index in [0.29, 0.717) is 0 Å². The molecular weight excluding hydrogens is 188 g/mol. The van der Waals surface area contributed by atoms with Gasteiger partial charge in [-0.2, -0.15) is 0 Å². The van der Waals surface area contributed by atoms with Crippen molar-refractivity contribution in [3.63, 3.8) is 0 Å². The fourth-order valence-electron chi connectivity index (χ4n) is 1.37. The van der Waals surface area contributed by atoms with Gasteiger partial charge in [0.15, 0.2) is 0 Å². The Morgan fingerprint density at radius 1 is 0.786 bits per heavy atom. The highest BCUT2D eigenvalue weighted by Crippen LogP contribution is 2.03. The molecule has 0 rings (SSSR count). The lowest BCUT2D eigenvalue weighted by molar-refractivity contribution is 0.319. The summed E-state index contributed by atoms with van der Waals surface area (Å²) in [6.07, 6.45) is 10.8. The molecule has 84 valence electrons. The van der Waals surface area contributed by atoms with Crippen LogP contribution in [-0.4, -0.2) is 16.4 Å². The molecule has 0 saturated heterocycles. The van der Waals surface area contributed by atoms with Crippen LogP contribution in [0.25, 0.3) is 0 Å². The molecule has 0 unspecified atom stereocenters. The SMILES string of the molecule is CCCCCCCO[Si]CCCCC. The van der Waals surface area contributed by atoms with Crippen LogP contribution >= 0.6 is 0 Å². The normalized spacial score (nSPS) is 10.7. The van der Waals surface area contributed by atoms with Crippen molar-refractivity contribution in [1.82, 2.24) is 0 Å². The monoisotopic (exact) mass is 214 g/mol. The Hall–Kier alpha value is 0.177. The molecule has 0 atom stereocenters. The van der Waals surface area contributed by atoms with Crippen molar-refractivity contribution in [3.05, 3.63) is 0 Å². The van der Waals surface area contributed by atoms with Gasteiger partial charge >= 0.3 is 0 Å². The lowest BCUT2D eigenvalue weighted by Crippen LogP contribution is -2.00. The van der Waals surface area contributed by atoms with Crippen LogP contribution in [0.3, 0.4) is 0 Å². The van der Waals surface area contributed by atoms with Crippen LogP contribution in [0.15, 0.2) is 0 Å². The molecule has 0 heterocycles. The van der Waals surface area contributed by atoms with Crippen molar-refractivity contribution in [2.75, 3.05) is 6.61 Å². The molecule has 0 aromatic carbocycles. The highest BCUT2D eigenvalue weighted by molar-refractivity contribution is 6.26. The molecule has 1 nitrogen and oxygen atoms in total. The van der Waals surface area contributed by atoms with E-state index < -0.39 is 0 Å². The first-order chi connectivity index (χ1) is 6.91. The molecule has 0 aromatic rings. The zero-order valence-corrected chi connectivity index (χ0v) is 11.0. The van der Waals surface area contributed by atoms with E-state index in [2.05, 4.69) is 13.8 Å². The Labute approximate surface area is 92.6 Å². The molecule has 0 aliphatic rings. The molecule has 0 N–H and O–H groups in total. The molecule has 14 heavy (non-hydrogen) atoms. The van der Waals surface area contributed by atoms with Gasteiger partial charge in [-0.1, -0.05) is 58.8 Å². The van der Waals surface area contributed by atoms with Crippen molar-refractivity contribution in [3.8, 4) is 0 Å². The third-order valence-corrected chi connectivity index (χ3v) is 3.30. The number of rotatable bonds is 11. The van der Waals surface area contributed by atoms with Gasteiger partial charge in [-0.15, -0.1) is 0 Å². The summed E-state index contributed by atoms with van der Waals surface area (Å²) in [6, 6.07) is 1.28. The minimum Gasteiger partial charge on any atom is -0.417 e. The maximum atomic E-state index is 5.59. The molecule has 0 bridgehead atoms. The Bertz CT molecular complexity index is 84.3. The van der Waals surface area contributed by atoms with Gasteiger partial charge in [0.2, 0.25) is 9.76 Å². The van der Waals surface area contributed by atoms with Gasteiger partial charge in [0.1, 0.15) is 0 Å². The largest absolute Gasteiger partial charge is 0.417 e. The van der Waals surface area contributed by atoms with Crippen LogP contribution in [0.1, 0.15) is 65.2 Å². The number of hydrogen-bond acceptors (Lipinski definition) is 1. The summed E-state index contributed by atoms with van der Waals surface area (Å²) in [5, 5.41) is 0. The zero-order chi connectivity index (χ0) is 10.5. The standard InChI is InChI=1S/C12H26OSi/c1-3-5-7-8-9-11-13-14-12-10-6-4-2/h3-12H2,1-2H3. The van der Waals surface area contributed by atoms with Crippen LogP contribution in [0.4, 0.5) is 0 Å². The molecule has 0 fully saturated rings. The first kappa shape index (κ1) is 14.2. The molecule has 2 heteroatoms. The molecule has 0 spiro atoms. The van der Waals surface area contributed by atoms with Crippen molar-refractivity contribution < 1.29 is 4.43 Å². The van der Waals surface area contributed by atoms with Crippen molar-refractivity contribution in [2.24, 2.45) is 0 Å². The summed E-state index contributed by atoms with van der Waals surface area (Å²) in [5.74, 6) is 0. The fraction of sp³-hybridized carbons (Fsp3) is 1.00. The van der Waals surface area contributed by atoms with Crippen LogP contribution < -0.4 is 0 Å². The van der Waals surface area contributed by atoms with Crippen molar-refractivity contribution >= 4 is 9.76 Å². The van der Waals surface area contributed by atoms with Gasteiger partial charge < -0.3 is 4.43 Å². The fourth-order valence-corrected chi connectivity index (χ4v) is 2.20. The van der Waals surface area contributed by atoms with Gasteiger partial charge in [0.05, 0.1) is 0 Å². The second-order valence-electron chi connectivity index (χ2n) is 3.86. The number of hydrogen-bond donors (Lipinski definition) is 0. The quantitative estimate of drug-likeness (QED) is 0.370. The average Bonchev–Trinajstić information content (AvgIpc) is 2.21. The second-order valence-corrected chi connectivity index (χ2v) is 4.94. The molecule has 0 aliphatic heterocycles. The Kier molecular flexibility index (Phi) is 13.3. The van der Waals surface area contributed by atoms with Crippen LogP contribution in [0.5, 0.6) is 0 Å². The summed E-state index contributed by atoms with van der Waals surface area (Å²) < 4.78 is 5.59. The van der Waals surface area contributed by atoms with Crippen LogP contribution in [-0.2, 0) is 4.43 Å². The van der Waals surface area contributed by atoms with Gasteiger partial charge in [-0.05, 0) is 12.5 Å². The Morgan fingerprint density at radius 3 is 2.14 bits per heavy atom. The minimum absolute atomic E-state index is 0.754. The summed E-state index contributed by atoms with van der Waals surface area (Å²) in [4.78, 5) is 0. The maximum absolute atomic E-state index is 5.59. The van der Waals surface area contributed by atoms with Gasteiger partial charge in [0, 0.05) is 6.61 Å². The molecule has 0 amide bonds. The van der Waals surface area contributed by atoms with Gasteiger partial charge in [0.25, 0.3) is 0 Å². The maximum Gasteiger partial charge on any atom is 0.229 e. The summed E-state index contributed by atoms with van der Waals surface area (Å²) in [7, 11) is 0.754. The van der Waals surface area contributed by atoms with E-state index in [4.69, 9.17) is 4.43 Å².